The van der Waals surface area contributed by atoms with E-state index in [2.05, 4.69) is 12.2 Å². The summed E-state index contributed by atoms with van der Waals surface area (Å²) in [6, 6.07) is 0.569. The van der Waals surface area contributed by atoms with E-state index in [-0.39, 0.29) is 12.6 Å². The average molecular weight is 243 g/mol. The van der Waals surface area contributed by atoms with Crippen LogP contribution >= 0.6 is 0 Å². The third-order valence-corrected chi connectivity index (χ3v) is 3.00. The molecule has 1 aliphatic heterocycles. The van der Waals surface area contributed by atoms with Crippen molar-refractivity contribution in [2.45, 2.75) is 51.5 Å². The molecular formula is C13H25NO3. The molecule has 0 aromatic heterocycles. The van der Waals surface area contributed by atoms with Crippen molar-refractivity contribution in [1.82, 2.24) is 5.32 Å². The van der Waals surface area contributed by atoms with E-state index >= 15 is 0 Å². The molecule has 1 rings (SSSR count). The van der Waals surface area contributed by atoms with Crippen LogP contribution < -0.4 is 5.32 Å². The summed E-state index contributed by atoms with van der Waals surface area (Å²) in [7, 11) is 0. The maximum Gasteiger partial charge on any atom is 0.332 e. The lowest BCUT2D eigenvalue weighted by atomic mass is 10.0. The summed E-state index contributed by atoms with van der Waals surface area (Å²) in [6.07, 6.45) is 6.77. The first kappa shape index (κ1) is 14.5. The lowest BCUT2D eigenvalue weighted by Gasteiger charge is -2.23. The molecule has 0 bridgehead atoms. The Labute approximate surface area is 104 Å². The van der Waals surface area contributed by atoms with Crippen LogP contribution in [0.1, 0.15) is 45.4 Å². The van der Waals surface area contributed by atoms with Crippen LogP contribution in [-0.2, 0) is 14.3 Å². The molecule has 0 spiro atoms. The largest absolute Gasteiger partial charge is 0.464 e. The second-order valence-electron chi connectivity index (χ2n) is 4.56. The number of esters is 1. The molecular weight excluding hydrogens is 218 g/mol. The fourth-order valence-corrected chi connectivity index (χ4v) is 1.92. The van der Waals surface area contributed by atoms with Crippen molar-refractivity contribution in [2.24, 2.45) is 0 Å². The number of ether oxygens (including phenoxy) is 2. The first-order valence-corrected chi connectivity index (χ1v) is 6.79. The van der Waals surface area contributed by atoms with Gasteiger partial charge < -0.3 is 14.8 Å². The summed E-state index contributed by atoms with van der Waals surface area (Å²) in [5.74, 6) is -0.241. The van der Waals surface area contributed by atoms with E-state index in [1.165, 1.54) is 19.3 Å². The maximum absolute atomic E-state index is 11.2. The number of carbonyl (C=O) groups is 1. The Morgan fingerprint density at radius 1 is 1.35 bits per heavy atom. The van der Waals surface area contributed by atoms with E-state index in [0.29, 0.717) is 19.3 Å². The highest BCUT2D eigenvalue weighted by atomic mass is 16.6. The summed E-state index contributed by atoms with van der Waals surface area (Å²) in [4.78, 5) is 11.2. The zero-order chi connectivity index (χ0) is 12.3. The van der Waals surface area contributed by atoms with Gasteiger partial charge in [-0.3, -0.25) is 0 Å². The lowest BCUT2D eigenvalue weighted by molar-refractivity contribution is -0.149. The fraction of sp³-hybridized carbons (Fsp3) is 0.923. The Bertz CT molecular complexity index is 203. The van der Waals surface area contributed by atoms with Crippen LogP contribution in [-0.4, -0.2) is 38.4 Å². The Morgan fingerprint density at radius 2 is 2.24 bits per heavy atom. The SMILES string of the molecule is CCCCOC(=O)COCCC1CCCCN1. The summed E-state index contributed by atoms with van der Waals surface area (Å²) in [6.45, 7) is 4.44. The van der Waals surface area contributed by atoms with E-state index in [1.54, 1.807) is 0 Å². The highest BCUT2D eigenvalue weighted by molar-refractivity contribution is 5.70. The van der Waals surface area contributed by atoms with Crippen molar-refractivity contribution in [3.05, 3.63) is 0 Å². The van der Waals surface area contributed by atoms with E-state index in [9.17, 15) is 4.79 Å². The summed E-state index contributed by atoms with van der Waals surface area (Å²) >= 11 is 0. The van der Waals surface area contributed by atoms with Crippen molar-refractivity contribution in [2.75, 3.05) is 26.4 Å². The average Bonchev–Trinajstić information content (AvgIpc) is 2.36. The van der Waals surface area contributed by atoms with Gasteiger partial charge in [0.05, 0.1) is 6.61 Å². The van der Waals surface area contributed by atoms with Crippen molar-refractivity contribution in [3.8, 4) is 0 Å². The highest BCUT2D eigenvalue weighted by Crippen LogP contribution is 2.09. The minimum absolute atomic E-state index is 0.0937. The fourth-order valence-electron chi connectivity index (χ4n) is 1.92. The standard InChI is InChI=1S/C13H25NO3/c1-2-3-9-17-13(15)11-16-10-7-12-6-4-5-8-14-12/h12,14H,2-11H2,1H3. The predicted octanol–water partition coefficient (Wildman–Crippen LogP) is 1.88. The molecule has 17 heavy (non-hydrogen) atoms. The van der Waals surface area contributed by atoms with Gasteiger partial charge in [0, 0.05) is 12.6 Å². The number of carbonyl (C=O) groups excluding carboxylic acids is 1. The number of nitrogens with one attached hydrogen (secondary N) is 1. The van der Waals surface area contributed by atoms with Gasteiger partial charge >= 0.3 is 5.97 Å². The van der Waals surface area contributed by atoms with Gasteiger partial charge in [0.25, 0.3) is 0 Å². The third-order valence-electron chi connectivity index (χ3n) is 3.00. The number of piperidine rings is 1. The van der Waals surface area contributed by atoms with Crippen LogP contribution in [0.25, 0.3) is 0 Å². The van der Waals surface area contributed by atoms with Crippen molar-refractivity contribution < 1.29 is 14.3 Å². The molecule has 100 valence electrons. The number of hydrogen-bond acceptors (Lipinski definition) is 4. The van der Waals surface area contributed by atoms with E-state index in [0.717, 1.165) is 25.8 Å². The molecule has 0 amide bonds. The summed E-state index contributed by atoms with van der Waals surface area (Å²) < 4.78 is 10.3. The maximum atomic E-state index is 11.2. The van der Waals surface area contributed by atoms with Crippen molar-refractivity contribution in [1.29, 1.82) is 0 Å². The molecule has 0 aliphatic carbocycles. The van der Waals surface area contributed by atoms with Gasteiger partial charge in [-0.05, 0) is 32.2 Å². The molecule has 4 nitrogen and oxygen atoms in total. The van der Waals surface area contributed by atoms with Gasteiger partial charge in [-0.2, -0.15) is 0 Å². The van der Waals surface area contributed by atoms with E-state index < -0.39 is 0 Å². The third kappa shape index (κ3) is 7.34. The van der Waals surface area contributed by atoms with Crippen LogP contribution in [0.5, 0.6) is 0 Å². The van der Waals surface area contributed by atoms with Gasteiger partial charge in [0.15, 0.2) is 0 Å². The number of unbranched alkanes of at least 4 members (excludes halogenated alkanes) is 1. The smallest absolute Gasteiger partial charge is 0.332 e. The van der Waals surface area contributed by atoms with Crippen LogP contribution in [0, 0.1) is 0 Å². The molecule has 0 aromatic rings. The van der Waals surface area contributed by atoms with Crippen molar-refractivity contribution >= 4 is 5.97 Å². The zero-order valence-electron chi connectivity index (χ0n) is 10.9. The van der Waals surface area contributed by atoms with E-state index in [1.807, 2.05) is 0 Å². The molecule has 1 N–H and O–H groups in total. The topological polar surface area (TPSA) is 47.6 Å². The van der Waals surface area contributed by atoms with Gasteiger partial charge in [0.2, 0.25) is 0 Å². The second kappa shape index (κ2) is 9.42. The zero-order valence-corrected chi connectivity index (χ0v) is 10.9. The molecule has 1 saturated heterocycles. The van der Waals surface area contributed by atoms with Gasteiger partial charge in [-0.1, -0.05) is 19.8 Å². The second-order valence-corrected chi connectivity index (χ2v) is 4.56. The first-order chi connectivity index (χ1) is 8.33. The number of hydrogen-bond donors (Lipinski definition) is 1. The molecule has 1 fully saturated rings. The highest BCUT2D eigenvalue weighted by Gasteiger charge is 2.12. The van der Waals surface area contributed by atoms with Gasteiger partial charge in [-0.25, -0.2) is 4.79 Å². The quantitative estimate of drug-likeness (QED) is 0.522. The van der Waals surface area contributed by atoms with Crippen LogP contribution in [0.4, 0.5) is 0 Å². The Hall–Kier alpha value is -0.610. The summed E-state index contributed by atoms with van der Waals surface area (Å²) in [5.41, 5.74) is 0. The monoisotopic (exact) mass is 243 g/mol. The van der Waals surface area contributed by atoms with Crippen molar-refractivity contribution in [3.63, 3.8) is 0 Å². The molecule has 1 heterocycles. The normalized spacial score (nSPS) is 20.2. The Morgan fingerprint density at radius 3 is 2.94 bits per heavy atom. The Kier molecular flexibility index (Phi) is 8.01. The minimum Gasteiger partial charge on any atom is -0.464 e. The lowest BCUT2D eigenvalue weighted by Crippen LogP contribution is -2.34. The van der Waals surface area contributed by atoms with E-state index in [4.69, 9.17) is 9.47 Å². The van der Waals surface area contributed by atoms with Gasteiger partial charge in [0.1, 0.15) is 6.61 Å². The predicted molar refractivity (Wildman–Crippen MR) is 66.9 cm³/mol. The molecule has 4 heteroatoms. The molecule has 0 radical (unpaired) electrons. The van der Waals surface area contributed by atoms with Crippen LogP contribution in [0.2, 0.25) is 0 Å². The number of rotatable bonds is 8. The molecule has 1 aliphatic rings. The summed E-state index contributed by atoms with van der Waals surface area (Å²) in [5, 5.41) is 3.45. The first-order valence-electron chi connectivity index (χ1n) is 6.79. The van der Waals surface area contributed by atoms with Crippen LogP contribution in [0.15, 0.2) is 0 Å². The minimum atomic E-state index is -0.241. The molecule has 0 aromatic carbocycles. The molecule has 1 unspecified atom stereocenters. The molecule has 0 saturated carbocycles. The van der Waals surface area contributed by atoms with Gasteiger partial charge in [-0.15, -0.1) is 0 Å². The molecule has 1 atom stereocenters. The van der Waals surface area contributed by atoms with Crippen LogP contribution in [0.3, 0.4) is 0 Å². The Balaban J connectivity index is 1.90.